The summed E-state index contributed by atoms with van der Waals surface area (Å²) in [5.41, 5.74) is 0. The number of hydrogen-bond donors (Lipinski definition) is 0. The molecule has 0 spiro atoms. The van der Waals surface area contributed by atoms with E-state index in [2.05, 4.69) is 11.9 Å². The van der Waals surface area contributed by atoms with Crippen molar-refractivity contribution >= 4 is 6.21 Å². The molecular weight excluding hydrogens is 86.1 g/mol. The molecule has 1 atom stereocenters. The summed E-state index contributed by atoms with van der Waals surface area (Å²) in [7, 11) is 0. The molecule has 0 fully saturated rings. The third-order valence-electron chi connectivity index (χ3n) is 1.32. The number of aliphatic imine (C=N–C) groups is 1. The fourth-order valence-electron chi connectivity index (χ4n) is 0.834. The second kappa shape index (κ2) is 2.10. The van der Waals surface area contributed by atoms with E-state index in [9.17, 15) is 0 Å². The first-order valence-electron chi connectivity index (χ1n) is 2.91. The zero-order chi connectivity index (χ0) is 5.11. The van der Waals surface area contributed by atoms with Crippen molar-refractivity contribution in [3.8, 4) is 0 Å². The quantitative estimate of drug-likeness (QED) is 0.435. The van der Waals surface area contributed by atoms with E-state index in [1.807, 2.05) is 6.21 Å². The monoisotopic (exact) mass is 97.1 g/mol. The molecule has 1 rings (SSSR count). The van der Waals surface area contributed by atoms with Crippen molar-refractivity contribution in [3.05, 3.63) is 0 Å². The first-order chi connectivity index (χ1) is 3.39. The lowest BCUT2D eigenvalue weighted by Gasteiger charge is -2.08. The highest BCUT2D eigenvalue weighted by Crippen LogP contribution is 2.07. The second-order valence-electron chi connectivity index (χ2n) is 2.11. The molecule has 0 aromatic carbocycles. The highest BCUT2D eigenvalue weighted by Gasteiger charge is 1.99. The molecule has 1 unspecified atom stereocenters. The Morgan fingerprint density at radius 1 is 1.71 bits per heavy atom. The molecule has 0 N–H and O–H groups in total. The van der Waals surface area contributed by atoms with Gasteiger partial charge in [0, 0.05) is 6.04 Å². The molecule has 0 aromatic rings. The summed E-state index contributed by atoms with van der Waals surface area (Å²) in [4.78, 5) is 4.20. The molecule has 0 aliphatic carbocycles. The Morgan fingerprint density at radius 3 is 2.86 bits per heavy atom. The molecule has 0 aromatic heterocycles. The summed E-state index contributed by atoms with van der Waals surface area (Å²) >= 11 is 0. The van der Waals surface area contributed by atoms with Crippen LogP contribution in [0.15, 0.2) is 4.99 Å². The minimum atomic E-state index is 0.605. The summed E-state index contributed by atoms with van der Waals surface area (Å²) in [6, 6.07) is 0.605. The molecule has 0 saturated heterocycles. The lowest BCUT2D eigenvalue weighted by atomic mass is 10.1. The van der Waals surface area contributed by atoms with Crippen LogP contribution >= 0.6 is 0 Å². The molecule has 0 bridgehead atoms. The Morgan fingerprint density at radius 2 is 2.57 bits per heavy atom. The van der Waals surface area contributed by atoms with Gasteiger partial charge < -0.3 is 0 Å². The van der Waals surface area contributed by atoms with E-state index in [-0.39, 0.29) is 0 Å². The topological polar surface area (TPSA) is 12.4 Å². The van der Waals surface area contributed by atoms with Crippen LogP contribution in [-0.4, -0.2) is 12.3 Å². The molecular formula is C6H11N. The smallest absolute Gasteiger partial charge is 0.0467 e. The average Bonchev–Trinajstić information content (AvgIpc) is 1.69. The van der Waals surface area contributed by atoms with Crippen LogP contribution in [-0.2, 0) is 0 Å². The van der Waals surface area contributed by atoms with E-state index in [0.29, 0.717) is 6.04 Å². The van der Waals surface area contributed by atoms with E-state index < -0.39 is 0 Å². The maximum atomic E-state index is 4.20. The van der Waals surface area contributed by atoms with Crippen LogP contribution in [0.25, 0.3) is 0 Å². The van der Waals surface area contributed by atoms with Gasteiger partial charge in [-0.15, -0.1) is 0 Å². The molecule has 1 aliphatic rings. The molecule has 1 nitrogen and oxygen atoms in total. The molecule has 7 heavy (non-hydrogen) atoms. The predicted molar refractivity (Wildman–Crippen MR) is 31.8 cm³/mol. The molecule has 0 radical (unpaired) electrons. The van der Waals surface area contributed by atoms with Gasteiger partial charge in [-0.25, -0.2) is 0 Å². The molecule has 1 heterocycles. The van der Waals surface area contributed by atoms with Gasteiger partial charge in [-0.1, -0.05) is 0 Å². The zero-order valence-corrected chi connectivity index (χ0v) is 4.72. The van der Waals surface area contributed by atoms with Crippen LogP contribution in [0.3, 0.4) is 0 Å². The van der Waals surface area contributed by atoms with E-state index in [1.165, 1.54) is 19.3 Å². The highest BCUT2D eigenvalue weighted by atomic mass is 14.8. The molecule has 40 valence electrons. The summed E-state index contributed by atoms with van der Waals surface area (Å²) < 4.78 is 0. The van der Waals surface area contributed by atoms with Gasteiger partial charge in [0.05, 0.1) is 0 Å². The fourth-order valence-corrected chi connectivity index (χ4v) is 0.834. The summed E-state index contributed by atoms with van der Waals surface area (Å²) in [6.45, 7) is 2.16. The first-order valence-corrected chi connectivity index (χ1v) is 2.91. The number of hydrogen-bond acceptors (Lipinski definition) is 1. The van der Waals surface area contributed by atoms with Crippen molar-refractivity contribution in [3.63, 3.8) is 0 Å². The molecule has 0 saturated carbocycles. The van der Waals surface area contributed by atoms with Crippen LogP contribution in [0.1, 0.15) is 26.2 Å². The second-order valence-corrected chi connectivity index (χ2v) is 2.11. The first kappa shape index (κ1) is 4.82. The summed E-state index contributed by atoms with van der Waals surface area (Å²) in [6.07, 6.45) is 5.86. The van der Waals surface area contributed by atoms with Crippen molar-refractivity contribution in [2.24, 2.45) is 4.99 Å². The highest BCUT2D eigenvalue weighted by molar-refractivity contribution is 5.58. The zero-order valence-electron chi connectivity index (χ0n) is 4.72. The van der Waals surface area contributed by atoms with Crippen LogP contribution < -0.4 is 0 Å². The minimum Gasteiger partial charge on any atom is -0.295 e. The van der Waals surface area contributed by atoms with E-state index >= 15 is 0 Å². The maximum absolute atomic E-state index is 4.20. The third-order valence-corrected chi connectivity index (χ3v) is 1.32. The van der Waals surface area contributed by atoms with Gasteiger partial charge in [0.2, 0.25) is 0 Å². The van der Waals surface area contributed by atoms with E-state index in [1.54, 1.807) is 0 Å². The molecule has 1 heteroatoms. The molecule has 0 amide bonds. The van der Waals surface area contributed by atoms with E-state index in [0.717, 1.165) is 0 Å². The lowest BCUT2D eigenvalue weighted by molar-refractivity contribution is 0.617. The van der Waals surface area contributed by atoms with Gasteiger partial charge in [0.15, 0.2) is 0 Å². The fraction of sp³-hybridized carbons (Fsp3) is 0.833. The average molecular weight is 97.2 g/mol. The standard InChI is InChI=1S/C6H11N/c1-6-4-2-3-5-7-6/h5-6H,2-4H2,1H3. The van der Waals surface area contributed by atoms with Crippen molar-refractivity contribution in [2.45, 2.75) is 32.2 Å². The number of rotatable bonds is 0. The van der Waals surface area contributed by atoms with Gasteiger partial charge >= 0.3 is 0 Å². The van der Waals surface area contributed by atoms with Crippen LogP contribution in [0.2, 0.25) is 0 Å². The lowest BCUT2D eigenvalue weighted by Crippen LogP contribution is -2.02. The number of nitrogens with zero attached hydrogens (tertiary/aromatic N) is 1. The summed E-state index contributed by atoms with van der Waals surface area (Å²) in [5, 5.41) is 0. The Hall–Kier alpha value is -0.330. The van der Waals surface area contributed by atoms with Crippen LogP contribution in [0.4, 0.5) is 0 Å². The molecule has 1 aliphatic heterocycles. The van der Waals surface area contributed by atoms with Gasteiger partial charge in [-0.05, 0) is 32.4 Å². The Bertz CT molecular complexity index is 76.2. The summed E-state index contributed by atoms with van der Waals surface area (Å²) in [5.74, 6) is 0. The van der Waals surface area contributed by atoms with Gasteiger partial charge in [-0.2, -0.15) is 0 Å². The Kier molecular flexibility index (Phi) is 1.45. The SMILES string of the molecule is CC1CCCC=N1. The Balaban J connectivity index is 2.36. The predicted octanol–water partition coefficient (Wildman–Crippen LogP) is 1.63. The van der Waals surface area contributed by atoms with Crippen LogP contribution in [0, 0.1) is 0 Å². The van der Waals surface area contributed by atoms with Gasteiger partial charge in [0.25, 0.3) is 0 Å². The van der Waals surface area contributed by atoms with E-state index in [4.69, 9.17) is 0 Å². The Labute approximate surface area is 44.5 Å². The van der Waals surface area contributed by atoms with Crippen molar-refractivity contribution < 1.29 is 0 Å². The third kappa shape index (κ3) is 1.30. The largest absolute Gasteiger partial charge is 0.295 e. The normalized spacial score (nSPS) is 30.7. The van der Waals surface area contributed by atoms with Crippen LogP contribution in [0.5, 0.6) is 0 Å². The van der Waals surface area contributed by atoms with Crippen molar-refractivity contribution in [2.75, 3.05) is 0 Å². The maximum Gasteiger partial charge on any atom is 0.0467 e. The van der Waals surface area contributed by atoms with Crippen molar-refractivity contribution in [1.29, 1.82) is 0 Å². The van der Waals surface area contributed by atoms with Gasteiger partial charge in [0.1, 0.15) is 0 Å². The van der Waals surface area contributed by atoms with Crippen molar-refractivity contribution in [1.82, 2.24) is 0 Å². The minimum absolute atomic E-state index is 0.605. The van der Waals surface area contributed by atoms with Gasteiger partial charge in [-0.3, -0.25) is 4.99 Å².